The van der Waals surface area contributed by atoms with Crippen molar-refractivity contribution < 1.29 is 9.53 Å². The Morgan fingerprint density at radius 1 is 1.38 bits per heavy atom. The Labute approximate surface area is 125 Å². The molecule has 1 N–H and O–H groups in total. The third-order valence-corrected chi connectivity index (χ3v) is 3.17. The molecule has 6 heteroatoms. The molecule has 0 aromatic carbocycles. The second-order valence-corrected chi connectivity index (χ2v) is 6.71. The summed E-state index contributed by atoms with van der Waals surface area (Å²) in [6.45, 7) is 11.1. The van der Waals surface area contributed by atoms with E-state index in [-0.39, 0.29) is 12.1 Å². The lowest BCUT2D eigenvalue weighted by Gasteiger charge is -2.40. The highest BCUT2D eigenvalue weighted by Crippen LogP contribution is 2.19. The number of hydrogen-bond acceptors (Lipinski definition) is 5. The first-order valence-corrected chi connectivity index (χ1v) is 7.31. The summed E-state index contributed by atoms with van der Waals surface area (Å²) in [4.78, 5) is 22.0. The number of nitrogens with zero attached hydrogens (tertiary/aromatic N) is 3. The Morgan fingerprint density at radius 2 is 2.05 bits per heavy atom. The SMILES string of the molecule is CC(C)c1cc(NC2CN(C(=O)OC(C)(C)C)C2)ncn1. The Morgan fingerprint density at radius 3 is 2.62 bits per heavy atom. The number of hydrogen-bond donors (Lipinski definition) is 1. The molecule has 0 aliphatic carbocycles. The number of aromatic nitrogens is 2. The van der Waals surface area contributed by atoms with E-state index in [0.717, 1.165) is 11.5 Å². The van der Waals surface area contributed by atoms with Crippen molar-refractivity contribution >= 4 is 11.9 Å². The predicted molar refractivity (Wildman–Crippen MR) is 81.3 cm³/mol. The van der Waals surface area contributed by atoms with Gasteiger partial charge in [-0.2, -0.15) is 0 Å². The number of likely N-dealkylation sites (tertiary alicyclic amines) is 1. The fraction of sp³-hybridized carbons (Fsp3) is 0.667. The molecule has 1 aliphatic rings. The first-order valence-electron chi connectivity index (χ1n) is 7.31. The van der Waals surface area contributed by atoms with Gasteiger partial charge >= 0.3 is 6.09 Å². The fourth-order valence-corrected chi connectivity index (χ4v) is 2.02. The van der Waals surface area contributed by atoms with Gasteiger partial charge in [-0.1, -0.05) is 13.8 Å². The van der Waals surface area contributed by atoms with Crippen LogP contribution in [0.4, 0.5) is 10.6 Å². The Kier molecular flexibility index (Phi) is 4.34. The van der Waals surface area contributed by atoms with Gasteiger partial charge in [0.15, 0.2) is 0 Å². The molecular formula is C15H24N4O2. The van der Waals surface area contributed by atoms with E-state index in [1.54, 1.807) is 11.2 Å². The van der Waals surface area contributed by atoms with Crippen LogP contribution in [0, 0.1) is 0 Å². The maximum atomic E-state index is 11.8. The molecule has 0 bridgehead atoms. The minimum Gasteiger partial charge on any atom is -0.444 e. The third kappa shape index (κ3) is 4.31. The molecule has 0 spiro atoms. The van der Waals surface area contributed by atoms with Crippen molar-refractivity contribution in [1.82, 2.24) is 14.9 Å². The van der Waals surface area contributed by atoms with Gasteiger partial charge in [0.25, 0.3) is 0 Å². The number of carbonyl (C=O) groups is 1. The molecule has 2 heterocycles. The van der Waals surface area contributed by atoms with Crippen LogP contribution in [0.25, 0.3) is 0 Å². The number of rotatable bonds is 3. The summed E-state index contributed by atoms with van der Waals surface area (Å²) in [6, 6.07) is 2.17. The molecule has 1 aliphatic heterocycles. The summed E-state index contributed by atoms with van der Waals surface area (Å²) in [7, 11) is 0. The number of carbonyl (C=O) groups excluding carboxylic acids is 1. The molecule has 0 atom stereocenters. The van der Waals surface area contributed by atoms with Crippen molar-refractivity contribution in [1.29, 1.82) is 0 Å². The largest absolute Gasteiger partial charge is 0.444 e. The summed E-state index contributed by atoms with van der Waals surface area (Å²) in [5.41, 5.74) is 0.560. The van der Waals surface area contributed by atoms with Gasteiger partial charge in [0.1, 0.15) is 17.7 Å². The Balaban J connectivity index is 1.83. The molecule has 1 fully saturated rings. The van der Waals surface area contributed by atoms with Crippen LogP contribution in [0.5, 0.6) is 0 Å². The normalized spacial score (nSPS) is 15.8. The van der Waals surface area contributed by atoms with Crippen LogP contribution in [-0.4, -0.2) is 45.7 Å². The maximum absolute atomic E-state index is 11.8. The van der Waals surface area contributed by atoms with E-state index in [0.29, 0.717) is 19.0 Å². The minimum absolute atomic E-state index is 0.215. The summed E-state index contributed by atoms with van der Waals surface area (Å²) < 4.78 is 5.32. The summed E-state index contributed by atoms with van der Waals surface area (Å²) in [5, 5.41) is 3.32. The van der Waals surface area contributed by atoms with E-state index in [9.17, 15) is 4.79 Å². The smallest absolute Gasteiger partial charge is 0.410 e. The third-order valence-electron chi connectivity index (χ3n) is 3.17. The van der Waals surface area contributed by atoms with Gasteiger partial charge in [-0.25, -0.2) is 14.8 Å². The second kappa shape index (κ2) is 5.87. The lowest BCUT2D eigenvalue weighted by atomic mass is 10.1. The van der Waals surface area contributed by atoms with Crippen molar-refractivity contribution in [2.75, 3.05) is 18.4 Å². The van der Waals surface area contributed by atoms with Crippen molar-refractivity contribution in [3.05, 3.63) is 18.1 Å². The van der Waals surface area contributed by atoms with Crippen molar-refractivity contribution in [2.24, 2.45) is 0 Å². The molecular weight excluding hydrogens is 268 g/mol. The van der Waals surface area contributed by atoms with Gasteiger partial charge in [0, 0.05) is 24.8 Å². The van der Waals surface area contributed by atoms with Crippen LogP contribution in [0.3, 0.4) is 0 Å². The van der Waals surface area contributed by atoms with Crippen LogP contribution < -0.4 is 5.32 Å². The zero-order chi connectivity index (χ0) is 15.6. The summed E-state index contributed by atoms with van der Waals surface area (Å²) >= 11 is 0. The Bertz CT molecular complexity index is 505. The molecule has 2 rings (SSSR count). The first kappa shape index (κ1) is 15.5. The van der Waals surface area contributed by atoms with Crippen LogP contribution in [0.1, 0.15) is 46.2 Å². The maximum Gasteiger partial charge on any atom is 0.410 e. The van der Waals surface area contributed by atoms with E-state index in [4.69, 9.17) is 4.74 Å². The van der Waals surface area contributed by atoms with Crippen LogP contribution >= 0.6 is 0 Å². The standard InChI is InChI=1S/C15H24N4O2/c1-10(2)12-6-13(17-9-16-12)18-11-7-19(8-11)14(20)21-15(3,4)5/h6,9-11H,7-8H2,1-5H3,(H,16,17,18). The molecule has 0 unspecified atom stereocenters. The molecule has 1 saturated heterocycles. The van der Waals surface area contributed by atoms with Gasteiger partial charge in [0.05, 0.1) is 6.04 Å². The average molecular weight is 292 g/mol. The summed E-state index contributed by atoms with van der Waals surface area (Å²) in [6.07, 6.45) is 1.31. The van der Waals surface area contributed by atoms with Crippen molar-refractivity contribution in [2.45, 2.75) is 52.2 Å². The first-order chi connectivity index (χ1) is 9.74. The molecule has 116 valence electrons. The van der Waals surface area contributed by atoms with Crippen LogP contribution in [0.2, 0.25) is 0 Å². The second-order valence-electron chi connectivity index (χ2n) is 6.71. The van der Waals surface area contributed by atoms with Crippen molar-refractivity contribution in [3.8, 4) is 0 Å². The molecule has 6 nitrogen and oxygen atoms in total. The Hall–Kier alpha value is -1.85. The monoisotopic (exact) mass is 292 g/mol. The van der Waals surface area contributed by atoms with Crippen LogP contribution in [-0.2, 0) is 4.74 Å². The number of anilines is 1. The molecule has 21 heavy (non-hydrogen) atoms. The van der Waals surface area contributed by atoms with Crippen LogP contribution in [0.15, 0.2) is 12.4 Å². The number of nitrogens with one attached hydrogen (secondary N) is 1. The summed E-state index contributed by atoms with van der Waals surface area (Å²) in [5.74, 6) is 1.18. The van der Waals surface area contributed by atoms with E-state index in [1.165, 1.54) is 0 Å². The predicted octanol–water partition coefficient (Wildman–Crippen LogP) is 2.63. The highest BCUT2D eigenvalue weighted by molar-refractivity contribution is 5.69. The topological polar surface area (TPSA) is 67.4 Å². The number of amides is 1. The van der Waals surface area contributed by atoms with E-state index in [1.807, 2.05) is 26.8 Å². The average Bonchev–Trinajstić information content (AvgIpc) is 2.31. The van der Waals surface area contributed by atoms with Gasteiger partial charge in [0.2, 0.25) is 0 Å². The van der Waals surface area contributed by atoms with Gasteiger partial charge in [-0.15, -0.1) is 0 Å². The highest BCUT2D eigenvalue weighted by atomic mass is 16.6. The molecule has 1 aromatic rings. The lowest BCUT2D eigenvalue weighted by molar-refractivity contribution is 0.0104. The van der Waals surface area contributed by atoms with Gasteiger partial charge < -0.3 is 15.0 Å². The molecule has 0 radical (unpaired) electrons. The zero-order valence-electron chi connectivity index (χ0n) is 13.4. The fourth-order valence-electron chi connectivity index (χ4n) is 2.02. The zero-order valence-corrected chi connectivity index (χ0v) is 13.4. The molecule has 1 amide bonds. The minimum atomic E-state index is -0.450. The molecule has 0 saturated carbocycles. The number of ether oxygens (including phenoxy) is 1. The van der Waals surface area contributed by atoms with E-state index < -0.39 is 5.60 Å². The molecule has 1 aromatic heterocycles. The lowest BCUT2D eigenvalue weighted by Crippen LogP contribution is -2.58. The van der Waals surface area contributed by atoms with Crippen molar-refractivity contribution in [3.63, 3.8) is 0 Å². The van der Waals surface area contributed by atoms with Gasteiger partial charge in [-0.3, -0.25) is 0 Å². The van der Waals surface area contributed by atoms with Gasteiger partial charge in [-0.05, 0) is 26.7 Å². The van der Waals surface area contributed by atoms with E-state index in [2.05, 4.69) is 29.1 Å². The quantitative estimate of drug-likeness (QED) is 0.927. The van der Waals surface area contributed by atoms with E-state index >= 15 is 0 Å². The highest BCUT2D eigenvalue weighted by Gasteiger charge is 2.33.